The van der Waals surface area contributed by atoms with Gasteiger partial charge >= 0.3 is 0 Å². The fraction of sp³-hybridized carbons (Fsp3) is 0.500. The average Bonchev–Trinajstić information content (AvgIpc) is 3.32. The highest BCUT2D eigenvalue weighted by molar-refractivity contribution is 6.03. The number of hydrogen-bond acceptors (Lipinski definition) is 5. The van der Waals surface area contributed by atoms with Gasteiger partial charge in [0.25, 0.3) is 5.91 Å². The van der Waals surface area contributed by atoms with Crippen LogP contribution in [0.3, 0.4) is 0 Å². The average molecular weight is 440 g/mol. The Morgan fingerprint density at radius 1 is 1.22 bits per heavy atom. The predicted molar refractivity (Wildman–Crippen MR) is 120 cm³/mol. The van der Waals surface area contributed by atoms with Crippen molar-refractivity contribution in [1.82, 2.24) is 20.0 Å². The molecule has 0 bridgehead atoms. The standard InChI is InChI=1S/C24H30FN5O2/c1-16-14-29(10-11-30(16)24(32)18-6-3-4-7-18)15-19-12-20(25)13-22(17(19)2)27-23(31)21-8-5-9-26-28-21/h5,8-9,12-13,16,18H,3-4,6-7,10-11,14-15H2,1-2H3,(H,27,31)/t16-/m0/s1. The first-order valence-corrected chi connectivity index (χ1v) is 11.3. The summed E-state index contributed by atoms with van der Waals surface area (Å²) in [5.41, 5.74) is 2.25. The van der Waals surface area contributed by atoms with Crippen LogP contribution < -0.4 is 5.32 Å². The van der Waals surface area contributed by atoms with Crippen molar-refractivity contribution in [2.75, 3.05) is 25.0 Å². The van der Waals surface area contributed by atoms with Gasteiger partial charge in [-0.25, -0.2) is 4.39 Å². The van der Waals surface area contributed by atoms with Crippen LogP contribution in [0.15, 0.2) is 30.5 Å². The Morgan fingerprint density at radius 3 is 2.69 bits per heavy atom. The summed E-state index contributed by atoms with van der Waals surface area (Å²) in [4.78, 5) is 29.6. The fourth-order valence-corrected chi connectivity index (χ4v) is 4.79. The molecule has 2 aliphatic rings. The van der Waals surface area contributed by atoms with E-state index in [0.29, 0.717) is 24.7 Å². The minimum atomic E-state index is -0.426. The maximum absolute atomic E-state index is 14.4. The number of benzene rings is 1. The largest absolute Gasteiger partial charge is 0.337 e. The lowest BCUT2D eigenvalue weighted by Gasteiger charge is -2.41. The Labute approximate surface area is 188 Å². The lowest BCUT2D eigenvalue weighted by atomic mass is 10.0. The van der Waals surface area contributed by atoms with Crippen molar-refractivity contribution in [3.8, 4) is 0 Å². The lowest BCUT2D eigenvalue weighted by Crippen LogP contribution is -2.54. The zero-order valence-electron chi connectivity index (χ0n) is 18.7. The van der Waals surface area contributed by atoms with E-state index in [1.165, 1.54) is 18.3 Å². The zero-order chi connectivity index (χ0) is 22.7. The van der Waals surface area contributed by atoms with Gasteiger partial charge in [0.15, 0.2) is 5.69 Å². The van der Waals surface area contributed by atoms with E-state index in [4.69, 9.17) is 0 Å². The molecule has 7 nitrogen and oxygen atoms in total. The number of nitrogens with one attached hydrogen (secondary N) is 1. The highest BCUT2D eigenvalue weighted by Crippen LogP contribution is 2.29. The number of carbonyl (C=O) groups excluding carboxylic acids is 2. The molecule has 2 aromatic rings. The van der Waals surface area contributed by atoms with Crippen LogP contribution in [0.1, 0.15) is 54.2 Å². The van der Waals surface area contributed by atoms with Gasteiger partial charge in [-0.1, -0.05) is 12.8 Å². The van der Waals surface area contributed by atoms with Crippen molar-refractivity contribution in [2.24, 2.45) is 5.92 Å². The maximum atomic E-state index is 14.4. The van der Waals surface area contributed by atoms with Gasteiger partial charge in [0.05, 0.1) is 0 Å². The Morgan fingerprint density at radius 2 is 2.00 bits per heavy atom. The molecule has 4 rings (SSSR count). The summed E-state index contributed by atoms with van der Waals surface area (Å²) in [5.74, 6) is -0.339. The fourth-order valence-electron chi connectivity index (χ4n) is 4.79. The van der Waals surface area contributed by atoms with E-state index in [1.54, 1.807) is 12.1 Å². The van der Waals surface area contributed by atoms with Crippen molar-refractivity contribution in [1.29, 1.82) is 0 Å². The first-order chi connectivity index (χ1) is 15.4. The topological polar surface area (TPSA) is 78.4 Å². The quantitative estimate of drug-likeness (QED) is 0.773. The van der Waals surface area contributed by atoms with E-state index < -0.39 is 11.7 Å². The molecule has 170 valence electrons. The third-order valence-electron chi connectivity index (χ3n) is 6.63. The Balaban J connectivity index is 1.42. The van der Waals surface area contributed by atoms with Gasteiger partial charge in [0.2, 0.25) is 5.91 Å². The first-order valence-electron chi connectivity index (χ1n) is 11.3. The number of aromatic nitrogens is 2. The van der Waals surface area contributed by atoms with E-state index in [1.807, 2.05) is 11.8 Å². The lowest BCUT2D eigenvalue weighted by molar-refractivity contribution is -0.140. The molecule has 1 atom stereocenters. The second kappa shape index (κ2) is 9.73. The summed E-state index contributed by atoms with van der Waals surface area (Å²) in [6.45, 7) is 6.72. The number of amides is 2. The summed E-state index contributed by atoms with van der Waals surface area (Å²) in [7, 11) is 0. The third kappa shape index (κ3) is 4.96. The second-order valence-corrected chi connectivity index (χ2v) is 8.90. The smallest absolute Gasteiger partial charge is 0.276 e. The number of rotatable bonds is 5. The Kier molecular flexibility index (Phi) is 6.79. The van der Waals surface area contributed by atoms with E-state index in [0.717, 1.165) is 49.9 Å². The maximum Gasteiger partial charge on any atom is 0.276 e. The molecule has 32 heavy (non-hydrogen) atoms. The molecule has 1 saturated heterocycles. The molecule has 8 heteroatoms. The Bertz CT molecular complexity index is 978. The van der Waals surface area contributed by atoms with Crippen LogP contribution in [0, 0.1) is 18.7 Å². The summed E-state index contributed by atoms with van der Waals surface area (Å²) >= 11 is 0. The SMILES string of the molecule is Cc1c(CN2CCN(C(=O)C3CCCC3)[C@@H](C)C2)cc(F)cc1NC(=O)c1cccnn1. The van der Waals surface area contributed by atoms with Crippen molar-refractivity contribution >= 4 is 17.5 Å². The molecule has 1 saturated carbocycles. The van der Waals surface area contributed by atoms with E-state index in [-0.39, 0.29) is 17.7 Å². The van der Waals surface area contributed by atoms with Crippen molar-refractivity contribution in [2.45, 2.75) is 52.1 Å². The summed E-state index contributed by atoms with van der Waals surface area (Å²) in [6, 6.07) is 6.17. The molecule has 0 unspecified atom stereocenters. The molecule has 1 aromatic carbocycles. The van der Waals surface area contributed by atoms with Gasteiger partial charge in [-0.3, -0.25) is 14.5 Å². The minimum Gasteiger partial charge on any atom is -0.337 e. The molecule has 2 heterocycles. The second-order valence-electron chi connectivity index (χ2n) is 8.90. The summed E-state index contributed by atoms with van der Waals surface area (Å²) in [5, 5.41) is 10.3. The molecule has 1 N–H and O–H groups in total. The van der Waals surface area contributed by atoms with Crippen LogP contribution in [-0.2, 0) is 11.3 Å². The number of halogens is 1. The van der Waals surface area contributed by atoms with Gasteiger partial charge in [0.1, 0.15) is 5.82 Å². The van der Waals surface area contributed by atoms with Crippen LogP contribution >= 0.6 is 0 Å². The van der Waals surface area contributed by atoms with Crippen molar-refractivity contribution in [3.63, 3.8) is 0 Å². The highest BCUT2D eigenvalue weighted by Gasteiger charge is 2.33. The van der Waals surface area contributed by atoms with Crippen LogP contribution in [0.4, 0.5) is 10.1 Å². The summed E-state index contributed by atoms with van der Waals surface area (Å²) in [6.07, 6.45) is 5.82. The number of hydrogen-bond donors (Lipinski definition) is 1. The highest BCUT2D eigenvalue weighted by atomic mass is 19.1. The van der Waals surface area contributed by atoms with Crippen molar-refractivity contribution in [3.05, 3.63) is 53.1 Å². The van der Waals surface area contributed by atoms with Gasteiger partial charge in [-0.2, -0.15) is 5.10 Å². The van der Waals surface area contributed by atoms with Crippen LogP contribution in [-0.4, -0.2) is 57.5 Å². The molecule has 1 aliphatic carbocycles. The van der Waals surface area contributed by atoms with Crippen LogP contribution in [0.25, 0.3) is 0 Å². The first kappa shape index (κ1) is 22.3. The number of piperazine rings is 1. The molecular weight excluding hydrogens is 409 g/mol. The molecule has 2 fully saturated rings. The van der Waals surface area contributed by atoms with Gasteiger partial charge in [0, 0.05) is 50.0 Å². The molecular formula is C24H30FN5O2. The monoisotopic (exact) mass is 439 g/mol. The van der Waals surface area contributed by atoms with Crippen LogP contribution in [0.2, 0.25) is 0 Å². The number of nitrogens with zero attached hydrogens (tertiary/aromatic N) is 4. The van der Waals surface area contributed by atoms with Gasteiger partial charge in [-0.15, -0.1) is 5.10 Å². The van der Waals surface area contributed by atoms with Gasteiger partial charge in [-0.05, 0) is 62.1 Å². The van der Waals surface area contributed by atoms with E-state index >= 15 is 0 Å². The summed E-state index contributed by atoms with van der Waals surface area (Å²) < 4.78 is 14.4. The third-order valence-corrected chi connectivity index (χ3v) is 6.63. The van der Waals surface area contributed by atoms with Crippen molar-refractivity contribution < 1.29 is 14.0 Å². The minimum absolute atomic E-state index is 0.126. The van der Waals surface area contributed by atoms with Gasteiger partial charge < -0.3 is 10.2 Å². The predicted octanol–water partition coefficient (Wildman–Crippen LogP) is 3.40. The van der Waals surface area contributed by atoms with E-state index in [2.05, 4.69) is 27.3 Å². The zero-order valence-corrected chi connectivity index (χ0v) is 18.7. The molecule has 2 amide bonds. The molecule has 1 aromatic heterocycles. The normalized spacial score (nSPS) is 19.8. The number of carbonyl (C=O) groups is 2. The molecule has 1 aliphatic heterocycles. The Hall–Kier alpha value is -2.87. The molecule has 0 radical (unpaired) electrons. The van der Waals surface area contributed by atoms with E-state index in [9.17, 15) is 14.0 Å². The molecule has 0 spiro atoms. The number of anilines is 1. The van der Waals surface area contributed by atoms with Crippen LogP contribution in [0.5, 0.6) is 0 Å².